The van der Waals surface area contributed by atoms with Gasteiger partial charge in [-0.25, -0.2) is 0 Å². The van der Waals surface area contributed by atoms with Crippen LogP contribution in [-0.2, 0) is 0 Å². The fourth-order valence-corrected chi connectivity index (χ4v) is 3.89. The molecule has 30 heavy (non-hydrogen) atoms. The van der Waals surface area contributed by atoms with Crippen LogP contribution in [0.4, 0.5) is 5.69 Å². The van der Waals surface area contributed by atoms with Crippen molar-refractivity contribution in [2.24, 2.45) is 0 Å². The summed E-state index contributed by atoms with van der Waals surface area (Å²) in [6.45, 7) is 0. The lowest BCUT2D eigenvalue weighted by Crippen LogP contribution is -2.43. The molecule has 0 saturated carbocycles. The van der Waals surface area contributed by atoms with Crippen molar-refractivity contribution in [3.63, 3.8) is 0 Å². The quantitative estimate of drug-likeness (QED) is 0.509. The summed E-state index contributed by atoms with van der Waals surface area (Å²) in [6.07, 6.45) is 1.63. The van der Waals surface area contributed by atoms with E-state index in [9.17, 15) is 10.1 Å². The second kappa shape index (κ2) is 7.20. The minimum atomic E-state index is -0.517. The van der Waals surface area contributed by atoms with Gasteiger partial charge in [-0.3, -0.25) is 10.1 Å². The minimum absolute atomic E-state index is 0.0362. The zero-order valence-electron chi connectivity index (χ0n) is 16.2. The lowest BCUT2D eigenvalue weighted by Gasteiger charge is -2.38. The van der Waals surface area contributed by atoms with Crippen LogP contribution in [0.25, 0.3) is 5.70 Å². The van der Waals surface area contributed by atoms with Gasteiger partial charge in [-0.2, -0.15) is 5.01 Å². The van der Waals surface area contributed by atoms with E-state index in [1.54, 1.807) is 19.2 Å². The first kappa shape index (κ1) is 18.2. The molecular weight excluding hydrogens is 382 g/mol. The molecule has 0 unspecified atom stereocenters. The van der Waals surface area contributed by atoms with Crippen molar-refractivity contribution in [3.05, 3.63) is 106 Å². The van der Waals surface area contributed by atoms with Crippen LogP contribution in [0.3, 0.4) is 0 Å². The predicted molar refractivity (Wildman–Crippen MR) is 112 cm³/mol. The molecule has 1 N–H and O–H groups in total. The Balaban J connectivity index is 1.55. The Morgan fingerprint density at radius 2 is 1.87 bits per heavy atom. The van der Waals surface area contributed by atoms with Gasteiger partial charge in [-0.1, -0.05) is 30.3 Å². The van der Waals surface area contributed by atoms with Gasteiger partial charge in [0, 0.05) is 23.3 Å². The topological polar surface area (TPSA) is 76.9 Å². The summed E-state index contributed by atoms with van der Waals surface area (Å²) in [6, 6.07) is 22.2. The largest absolute Gasteiger partial charge is 0.497 e. The number of hydrazine groups is 1. The summed E-state index contributed by atoms with van der Waals surface area (Å²) in [4.78, 5) is 10.9. The SMILES string of the molecule is COc1ccc(C2=C[C@@H]3c4ccccc4O[C@@H](c4cccc([N+](=O)[O-])c4)N3N2)cc1. The van der Waals surface area contributed by atoms with Crippen molar-refractivity contribution in [3.8, 4) is 11.5 Å². The van der Waals surface area contributed by atoms with Gasteiger partial charge in [0.15, 0.2) is 6.23 Å². The molecule has 150 valence electrons. The smallest absolute Gasteiger partial charge is 0.269 e. The number of nitrogens with one attached hydrogen (secondary N) is 1. The van der Waals surface area contributed by atoms with E-state index < -0.39 is 11.2 Å². The molecule has 0 saturated heterocycles. The molecule has 7 heteroatoms. The fourth-order valence-electron chi connectivity index (χ4n) is 3.89. The molecule has 0 aromatic heterocycles. The summed E-state index contributed by atoms with van der Waals surface area (Å²) in [5.74, 6) is 1.56. The summed E-state index contributed by atoms with van der Waals surface area (Å²) in [5, 5.41) is 13.3. The highest BCUT2D eigenvalue weighted by atomic mass is 16.6. The average molecular weight is 401 g/mol. The number of ether oxygens (including phenoxy) is 2. The van der Waals surface area contributed by atoms with Crippen molar-refractivity contribution in [2.75, 3.05) is 7.11 Å². The molecule has 2 heterocycles. The number of nitrogens with zero attached hydrogens (tertiary/aromatic N) is 2. The number of benzene rings is 3. The van der Waals surface area contributed by atoms with Crippen LogP contribution in [0.1, 0.15) is 29.0 Å². The molecule has 2 atom stereocenters. The number of nitro groups is 1. The first-order valence-corrected chi connectivity index (χ1v) is 9.55. The zero-order valence-corrected chi connectivity index (χ0v) is 16.2. The third-order valence-corrected chi connectivity index (χ3v) is 5.37. The third kappa shape index (κ3) is 3.05. The van der Waals surface area contributed by atoms with Gasteiger partial charge in [0.05, 0.1) is 23.8 Å². The molecule has 0 spiro atoms. The van der Waals surface area contributed by atoms with Crippen molar-refractivity contribution < 1.29 is 14.4 Å². The van der Waals surface area contributed by atoms with Crippen molar-refractivity contribution in [1.82, 2.24) is 10.4 Å². The van der Waals surface area contributed by atoms with Gasteiger partial charge in [-0.15, -0.1) is 0 Å². The van der Waals surface area contributed by atoms with Crippen molar-refractivity contribution in [1.29, 1.82) is 0 Å². The van der Waals surface area contributed by atoms with Crippen LogP contribution < -0.4 is 14.9 Å². The highest BCUT2D eigenvalue weighted by molar-refractivity contribution is 5.68. The number of non-ortho nitro benzene ring substituents is 1. The number of methoxy groups -OCH3 is 1. The number of para-hydroxylation sites is 1. The predicted octanol–water partition coefficient (Wildman–Crippen LogP) is 4.60. The highest BCUT2D eigenvalue weighted by Gasteiger charge is 2.40. The molecular formula is C23H19N3O4. The molecule has 3 aromatic carbocycles. The van der Waals surface area contributed by atoms with Crippen LogP contribution in [0.5, 0.6) is 11.5 Å². The van der Waals surface area contributed by atoms with Crippen LogP contribution >= 0.6 is 0 Å². The van der Waals surface area contributed by atoms with E-state index in [0.29, 0.717) is 5.56 Å². The summed E-state index contributed by atoms with van der Waals surface area (Å²) in [7, 11) is 1.64. The van der Waals surface area contributed by atoms with Crippen LogP contribution in [-0.4, -0.2) is 17.0 Å². The molecule has 2 aliphatic rings. The van der Waals surface area contributed by atoms with Crippen LogP contribution in [0.15, 0.2) is 78.9 Å². The summed E-state index contributed by atoms with van der Waals surface area (Å²) >= 11 is 0. The van der Waals surface area contributed by atoms with Gasteiger partial charge < -0.3 is 14.9 Å². The molecule has 0 radical (unpaired) electrons. The zero-order chi connectivity index (χ0) is 20.7. The Morgan fingerprint density at radius 3 is 2.63 bits per heavy atom. The van der Waals surface area contributed by atoms with Gasteiger partial charge in [0.2, 0.25) is 0 Å². The van der Waals surface area contributed by atoms with Crippen LogP contribution in [0, 0.1) is 10.1 Å². The lowest BCUT2D eigenvalue weighted by atomic mass is 10.0. The maximum Gasteiger partial charge on any atom is 0.269 e. The van der Waals surface area contributed by atoms with Gasteiger partial charge in [0.25, 0.3) is 5.69 Å². The molecule has 0 aliphatic carbocycles. The maximum absolute atomic E-state index is 11.3. The highest BCUT2D eigenvalue weighted by Crippen LogP contribution is 2.46. The Bertz CT molecular complexity index is 1140. The van der Waals surface area contributed by atoms with Gasteiger partial charge in [0.1, 0.15) is 11.5 Å². The molecule has 3 aromatic rings. The van der Waals surface area contributed by atoms with Crippen molar-refractivity contribution in [2.45, 2.75) is 12.3 Å². The summed E-state index contributed by atoms with van der Waals surface area (Å²) in [5.41, 5.74) is 7.18. The monoisotopic (exact) mass is 401 g/mol. The number of hydrogen-bond acceptors (Lipinski definition) is 6. The number of rotatable bonds is 4. The molecule has 0 bridgehead atoms. The van der Waals surface area contributed by atoms with E-state index in [1.165, 1.54) is 6.07 Å². The van der Waals surface area contributed by atoms with Gasteiger partial charge >= 0.3 is 0 Å². The van der Waals surface area contributed by atoms with E-state index in [2.05, 4.69) is 11.5 Å². The Kier molecular flexibility index (Phi) is 4.37. The van der Waals surface area contributed by atoms with E-state index >= 15 is 0 Å². The van der Waals surface area contributed by atoms with E-state index in [1.807, 2.05) is 59.6 Å². The molecule has 5 rings (SSSR count). The average Bonchev–Trinajstić information content (AvgIpc) is 3.24. The first-order chi connectivity index (χ1) is 14.6. The second-order valence-corrected chi connectivity index (χ2v) is 7.13. The standard InChI is InChI=1S/C23H19N3O4/c1-29-18-11-9-15(10-12-18)20-14-21-19-7-2-3-8-22(19)30-23(25(21)24-20)16-5-4-6-17(13-16)26(27)28/h2-14,21,23-24H,1H3/t21-,23+/m1/s1. The van der Waals surface area contributed by atoms with E-state index in [0.717, 1.165) is 28.3 Å². The summed E-state index contributed by atoms with van der Waals surface area (Å²) < 4.78 is 11.5. The number of fused-ring (bicyclic) bond motifs is 3. The molecule has 2 aliphatic heterocycles. The fraction of sp³-hybridized carbons (Fsp3) is 0.130. The minimum Gasteiger partial charge on any atom is -0.497 e. The molecule has 0 fully saturated rings. The Hall–Kier alpha value is -3.84. The van der Waals surface area contributed by atoms with Crippen molar-refractivity contribution >= 4 is 11.4 Å². The Morgan fingerprint density at radius 1 is 1.07 bits per heavy atom. The van der Waals surface area contributed by atoms with Crippen LogP contribution in [0.2, 0.25) is 0 Å². The third-order valence-electron chi connectivity index (χ3n) is 5.37. The Labute approximate surface area is 173 Å². The second-order valence-electron chi connectivity index (χ2n) is 7.13. The first-order valence-electron chi connectivity index (χ1n) is 9.55. The molecule has 0 amide bonds. The number of hydrogen-bond donors (Lipinski definition) is 1. The number of nitro benzene ring substituents is 1. The lowest BCUT2D eigenvalue weighted by molar-refractivity contribution is -0.385. The van der Waals surface area contributed by atoms with E-state index in [-0.39, 0.29) is 11.7 Å². The van der Waals surface area contributed by atoms with E-state index in [4.69, 9.17) is 9.47 Å². The maximum atomic E-state index is 11.3. The molecule has 7 nitrogen and oxygen atoms in total. The normalized spacial score (nSPS) is 19.7. The van der Waals surface area contributed by atoms with Gasteiger partial charge in [-0.05, 0) is 42.0 Å².